The zero-order valence-corrected chi connectivity index (χ0v) is 15.7. The Morgan fingerprint density at radius 3 is 2.76 bits per heavy atom. The Labute approximate surface area is 155 Å². The molecule has 6 heteroatoms. The fourth-order valence-electron chi connectivity index (χ4n) is 3.34. The van der Waals surface area contributed by atoms with Crippen molar-refractivity contribution < 1.29 is 0 Å². The smallest absolute Gasteiger partial charge is 0.139 e. The highest BCUT2D eigenvalue weighted by Gasteiger charge is 2.22. The molecule has 1 saturated heterocycles. The number of anilines is 2. The predicted molar refractivity (Wildman–Crippen MR) is 105 cm³/mol. The van der Waals surface area contributed by atoms with Crippen LogP contribution < -0.4 is 10.2 Å². The van der Waals surface area contributed by atoms with Crippen LogP contribution in [0.25, 0.3) is 10.9 Å². The Bertz CT molecular complexity index is 890. The lowest BCUT2D eigenvalue weighted by atomic mass is 10.0. The molecule has 1 N–H and O–H groups in total. The van der Waals surface area contributed by atoms with Gasteiger partial charge in [-0.2, -0.15) is 0 Å². The third-order valence-corrected chi connectivity index (χ3v) is 5.10. The number of aromatic nitrogens is 3. The van der Waals surface area contributed by atoms with Crippen LogP contribution in [0.1, 0.15) is 18.5 Å². The molecule has 4 rings (SSSR count). The summed E-state index contributed by atoms with van der Waals surface area (Å²) in [5.74, 6) is 1.99. The highest BCUT2D eigenvalue weighted by atomic mass is 79.9. The molecule has 3 aromatic rings. The summed E-state index contributed by atoms with van der Waals surface area (Å²) in [7, 11) is 0. The summed E-state index contributed by atoms with van der Waals surface area (Å²) in [6.45, 7) is 3.97. The van der Waals surface area contributed by atoms with E-state index in [4.69, 9.17) is 0 Å². The van der Waals surface area contributed by atoms with Gasteiger partial charge in [0.05, 0.1) is 5.52 Å². The molecule has 128 valence electrons. The van der Waals surface area contributed by atoms with Crippen molar-refractivity contribution in [3.8, 4) is 0 Å². The second-order valence-corrected chi connectivity index (χ2v) is 7.34. The first-order valence-electron chi connectivity index (χ1n) is 8.54. The van der Waals surface area contributed by atoms with Crippen LogP contribution in [0.15, 0.2) is 47.2 Å². The number of rotatable bonds is 3. The van der Waals surface area contributed by atoms with Crippen LogP contribution in [-0.4, -0.2) is 34.1 Å². The van der Waals surface area contributed by atoms with Crippen molar-refractivity contribution in [1.29, 1.82) is 0 Å². The first kappa shape index (κ1) is 16.3. The molecule has 1 fully saturated rings. The van der Waals surface area contributed by atoms with Gasteiger partial charge < -0.3 is 10.2 Å². The van der Waals surface area contributed by atoms with Crippen LogP contribution in [-0.2, 0) is 0 Å². The third kappa shape index (κ3) is 3.58. The summed E-state index contributed by atoms with van der Waals surface area (Å²) in [6, 6.07) is 12.7. The topological polar surface area (TPSA) is 53.9 Å². The van der Waals surface area contributed by atoms with E-state index in [1.165, 1.54) is 0 Å². The van der Waals surface area contributed by atoms with Crippen molar-refractivity contribution in [3.63, 3.8) is 0 Å². The predicted octanol–water partition coefficient (Wildman–Crippen LogP) is 4.18. The van der Waals surface area contributed by atoms with Crippen molar-refractivity contribution >= 4 is 38.5 Å². The second-order valence-electron chi connectivity index (χ2n) is 6.43. The van der Waals surface area contributed by atoms with Gasteiger partial charge in [0.15, 0.2) is 0 Å². The zero-order valence-electron chi connectivity index (χ0n) is 14.1. The molecule has 25 heavy (non-hydrogen) atoms. The molecular formula is C19H20BrN5. The van der Waals surface area contributed by atoms with Crippen molar-refractivity contribution in [3.05, 3.63) is 52.9 Å². The van der Waals surface area contributed by atoms with E-state index in [9.17, 15) is 0 Å². The van der Waals surface area contributed by atoms with Crippen molar-refractivity contribution in [2.24, 2.45) is 0 Å². The number of pyridine rings is 1. The Hall–Kier alpha value is -2.21. The van der Waals surface area contributed by atoms with E-state index in [1.54, 1.807) is 6.33 Å². The van der Waals surface area contributed by atoms with Crippen molar-refractivity contribution in [2.45, 2.75) is 25.8 Å². The fourth-order valence-corrected chi connectivity index (χ4v) is 3.70. The average Bonchev–Trinajstić information content (AvgIpc) is 2.62. The minimum Gasteiger partial charge on any atom is -0.367 e. The molecule has 0 bridgehead atoms. The van der Waals surface area contributed by atoms with Gasteiger partial charge in [-0.05, 0) is 50.1 Å². The number of nitrogens with one attached hydrogen (secondary N) is 1. The molecule has 5 nitrogen and oxygen atoms in total. The Balaban J connectivity index is 1.48. The molecule has 1 aliphatic rings. The third-order valence-electron chi connectivity index (χ3n) is 4.61. The minimum atomic E-state index is 0.449. The van der Waals surface area contributed by atoms with E-state index in [-0.39, 0.29) is 0 Å². The Morgan fingerprint density at radius 2 is 1.96 bits per heavy atom. The maximum absolute atomic E-state index is 4.55. The number of aryl methyl sites for hydroxylation is 1. The highest BCUT2D eigenvalue weighted by molar-refractivity contribution is 9.10. The summed E-state index contributed by atoms with van der Waals surface area (Å²) >= 11 is 3.55. The molecule has 1 aliphatic heterocycles. The second kappa shape index (κ2) is 6.96. The van der Waals surface area contributed by atoms with Gasteiger partial charge in [-0.1, -0.05) is 22.0 Å². The summed E-state index contributed by atoms with van der Waals surface area (Å²) in [6.07, 6.45) is 3.79. The van der Waals surface area contributed by atoms with Crippen LogP contribution in [0, 0.1) is 6.92 Å². The van der Waals surface area contributed by atoms with E-state index < -0.39 is 0 Å². The zero-order chi connectivity index (χ0) is 17.2. The van der Waals surface area contributed by atoms with Gasteiger partial charge in [0.25, 0.3) is 0 Å². The largest absolute Gasteiger partial charge is 0.367 e. The maximum atomic E-state index is 4.55. The monoisotopic (exact) mass is 397 g/mol. The maximum Gasteiger partial charge on any atom is 0.139 e. The first-order chi connectivity index (χ1) is 12.2. The lowest BCUT2D eigenvalue weighted by Crippen LogP contribution is -2.39. The van der Waals surface area contributed by atoms with Crippen LogP contribution in [0.4, 0.5) is 11.6 Å². The van der Waals surface area contributed by atoms with Gasteiger partial charge in [0.1, 0.15) is 18.0 Å². The number of nitrogens with zero attached hydrogens (tertiary/aromatic N) is 4. The number of piperidine rings is 1. The number of fused-ring (bicyclic) bond motifs is 1. The van der Waals surface area contributed by atoms with Gasteiger partial charge in [0, 0.05) is 34.7 Å². The van der Waals surface area contributed by atoms with Gasteiger partial charge in [-0.15, -0.1) is 0 Å². The molecule has 0 atom stereocenters. The van der Waals surface area contributed by atoms with Crippen LogP contribution in [0.5, 0.6) is 0 Å². The number of benzene rings is 1. The molecule has 0 radical (unpaired) electrons. The molecule has 3 heterocycles. The van der Waals surface area contributed by atoms with E-state index in [0.717, 1.165) is 58.6 Å². The molecule has 1 aromatic carbocycles. The molecule has 2 aromatic heterocycles. The summed E-state index contributed by atoms with van der Waals surface area (Å²) < 4.78 is 1.05. The Kier molecular flexibility index (Phi) is 4.53. The fraction of sp³-hybridized carbons (Fsp3) is 0.316. The molecule has 0 spiro atoms. The number of hydrogen-bond acceptors (Lipinski definition) is 5. The van der Waals surface area contributed by atoms with Crippen LogP contribution >= 0.6 is 15.9 Å². The summed E-state index contributed by atoms with van der Waals surface area (Å²) in [5.41, 5.74) is 2.03. The van der Waals surface area contributed by atoms with Gasteiger partial charge in [-0.3, -0.25) is 0 Å². The Morgan fingerprint density at radius 1 is 1.12 bits per heavy atom. The minimum absolute atomic E-state index is 0.449. The van der Waals surface area contributed by atoms with Gasteiger partial charge in [-0.25, -0.2) is 15.0 Å². The van der Waals surface area contributed by atoms with E-state index in [0.29, 0.717) is 6.04 Å². The summed E-state index contributed by atoms with van der Waals surface area (Å²) in [4.78, 5) is 15.8. The van der Waals surface area contributed by atoms with Crippen LogP contribution in [0.3, 0.4) is 0 Å². The normalized spacial score (nSPS) is 15.5. The number of hydrogen-bond donors (Lipinski definition) is 1. The van der Waals surface area contributed by atoms with Gasteiger partial charge in [0.2, 0.25) is 0 Å². The lowest BCUT2D eigenvalue weighted by Gasteiger charge is -2.33. The average molecular weight is 398 g/mol. The van der Waals surface area contributed by atoms with E-state index >= 15 is 0 Å². The van der Waals surface area contributed by atoms with E-state index in [1.807, 2.05) is 37.3 Å². The lowest BCUT2D eigenvalue weighted by molar-refractivity contribution is 0.523. The SMILES string of the molecule is Cc1cccc(NC2CCN(c3ncnc4ccc(Br)cc34)CC2)n1. The molecule has 0 aliphatic carbocycles. The standard InChI is InChI=1S/C19H20BrN5/c1-13-3-2-4-18(23-13)24-15-7-9-25(10-8-15)19-16-11-14(20)5-6-17(16)21-12-22-19/h2-6,11-12,15H,7-10H2,1H3,(H,23,24). The highest BCUT2D eigenvalue weighted by Crippen LogP contribution is 2.28. The quantitative estimate of drug-likeness (QED) is 0.718. The van der Waals surface area contributed by atoms with Crippen molar-refractivity contribution in [2.75, 3.05) is 23.3 Å². The number of halogens is 1. The van der Waals surface area contributed by atoms with E-state index in [2.05, 4.69) is 47.2 Å². The first-order valence-corrected chi connectivity index (χ1v) is 9.34. The molecule has 0 unspecified atom stereocenters. The van der Waals surface area contributed by atoms with Gasteiger partial charge >= 0.3 is 0 Å². The summed E-state index contributed by atoms with van der Waals surface area (Å²) in [5, 5.41) is 4.66. The molecular weight excluding hydrogens is 378 g/mol. The molecule has 0 amide bonds. The van der Waals surface area contributed by atoms with Crippen LogP contribution in [0.2, 0.25) is 0 Å². The van der Waals surface area contributed by atoms with Crippen molar-refractivity contribution in [1.82, 2.24) is 15.0 Å². The molecule has 0 saturated carbocycles.